The van der Waals surface area contributed by atoms with E-state index in [4.69, 9.17) is 0 Å². The Morgan fingerprint density at radius 3 is 2.89 bits per heavy atom. The third kappa shape index (κ3) is 2.63. The van der Waals surface area contributed by atoms with E-state index in [-0.39, 0.29) is 24.8 Å². The van der Waals surface area contributed by atoms with Crippen LogP contribution in [0.15, 0.2) is 24.4 Å². The fourth-order valence-electron chi connectivity index (χ4n) is 2.68. The van der Waals surface area contributed by atoms with Crippen LogP contribution >= 0.6 is 24.8 Å². The molecule has 1 fully saturated rings. The maximum Gasteiger partial charge on any atom is 0.139 e. The van der Waals surface area contributed by atoms with Crippen LogP contribution in [0.3, 0.4) is 0 Å². The van der Waals surface area contributed by atoms with Crippen LogP contribution in [-0.4, -0.2) is 22.6 Å². The van der Waals surface area contributed by atoms with Gasteiger partial charge in [-0.3, -0.25) is 0 Å². The van der Waals surface area contributed by atoms with Crippen LogP contribution in [0.2, 0.25) is 0 Å². The van der Waals surface area contributed by atoms with Crippen molar-refractivity contribution in [1.29, 1.82) is 0 Å². The molecule has 0 saturated carbocycles. The Morgan fingerprint density at radius 1 is 1.39 bits per heavy atom. The highest BCUT2D eigenvalue weighted by Gasteiger charge is 2.19. The molecule has 3 nitrogen and oxygen atoms in total. The van der Waals surface area contributed by atoms with Gasteiger partial charge < -0.3 is 9.88 Å². The lowest BCUT2D eigenvalue weighted by Gasteiger charge is -2.23. The van der Waals surface area contributed by atoms with Crippen LogP contribution < -0.4 is 5.32 Å². The first-order valence-corrected chi connectivity index (χ1v) is 5.97. The number of fused-ring (bicyclic) bond motifs is 1. The van der Waals surface area contributed by atoms with Gasteiger partial charge in [0, 0.05) is 36.8 Å². The van der Waals surface area contributed by atoms with Gasteiger partial charge >= 0.3 is 0 Å². The zero-order valence-electron chi connectivity index (χ0n) is 10.4. The van der Waals surface area contributed by atoms with Crippen molar-refractivity contribution in [3.8, 4) is 0 Å². The van der Waals surface area contributed by atoms with Crippen molar-refractivity contribution in [3.05, 3.63) is 30.1 Å². The van der Waals surface area contributed by atoms with Gasteiger partial charge in [0.15, 0.2) is 0 Å². The molecule has 1 saturated heterocycles. The van der Waals surface area contributed by atoms with Gasteiger partial charge in [-0.2, -0.15) is 0 Å². The van der Waals surface area contributed by atoms with E-state index in [2.05, 4.69) is 34.0 Å². The van der Waals surface area contributed by atoms with Gasteiger partial charge in [-0.25, -0.2) is 4.98 Å². The molecule has 1 unspecified atom stereocenters. The van der Waals surface area contributed by atoms with Crippen molar-refractivity contribution in [2.75, 3.05) is 13.1 Å². The van der Waals surface area contributed by atoms with Crippen molar-refractivity contribution in [2.24, 2.45) is 7.05 Å². The van der Waals surface area contributed by atoms with E-state index >= 15 is 0 Å². The van der Waals surface area contributed by atoms with E-state index < -0.39 is 0 Å². The number of nitrogens with one attached hydrogen (secondary N) is 1. The number of halogens is 2. The molecule has 0 aliphatic carbocycles. The fourth-order valence-corrected chi connectivity index (χ4v) is 2.68. The summed E-state index contributed by atoms with van der Waals surface area (Å²) in [7, 11) is 2.12. The summed E-state index contributed by atoms with van der Waals surface area (Å²) < 4.78 is 2.24. The predicted molar refractivity (Wildman–Crippen MR) is 80.1 cm³/mol. The normalized spacial score (nSPS) is 19.1. The Kier molecular flexibility index (Phi) is 5.45. The summed E-state index contributed by atoms with van der Waals surface area (Å²) in [5.41, 5.74) is 2.52. The quantitative estimate of drug-likeness (QED) is 0.874. The van der Waals surface area contributed by atoms with E-state index in [1.807, 2.05) is 12.3 Å². The van der Waals surface area contributed by atoms with E-state index in [1.165, 1.54) is 30.5 Å². The molecule has 5 heteroatoms. The van der Waals surface area contributed by atoms with E-state index in [1.54, 1.807) is 0 Å². The molecule has 2 aromatic rings. The lowest BCUT2D eigenvalue weighted by Crippen LogP contribution is -2.29. The SMILES string of the molecule is Cl.Cl.Cn1c(C2CCCNC2)cc2cccnc21. The average Bonchev–Trinajstić information content (AvgIpc) is 2.69. The summed E-state index contributed by atoms with van der Waals surface area (Å²) in [4.78, 5) is 4.44. The number of aromatic nitrogens is 2. The Hall–Kier alpha value is -0.770. The molecule has 2 aromatic heterocycles. The molecule has 1 aliphatic heterocycles. The summed E-state index contributed by atoms with van der Waals surface area (Å²) in [6.07, 6.45) is 4.43. The van der Waals surface area contributed by atoms with Crippen LogP contribution in [0.4, 0.5) is 0 Å². The lowest BCUT2D eigenvalue weighted by atomic mass is 9.96. The molecular formula is C13H19Cl2N3. The Balaban J connectivity index is 0.000000810. The minimum Gasteiger partial charge on any atom is -0.332 e. The van der Waals surface area contributed by atoms with Gasteiger partial charge in [-0.05, 0) is 37.6 Å². The van der Waals surface area contributed by atoms with Crippen molar-refractivity contribution in [3.63, 3.8) is 0 Å². The minimum absolute atomic E-state index is 0. The summed E-state index contributed by atoms with van der Waals surface area (Å²) in [6.45, 7) is 2.27. The molecule has 3 heterocycles. The van der Waals surface area contributed by atoms with Crippen molar-refractivity contribution < 1.29 is 0 Å². The van der Waals surface area contributed by atoms with Crippen LogP contribution in [0.5, 0.6) is 0 Å². The van der Waals surface area contributed by atoms with Crippen LogP contribution in [0.1, 0.15) is 24.5 Å². The Morgan fingerprint density at radius 2 is 2.22 bits per heavy atom. The molecule has 3 rings (SSSR count). The number of pyridine rings is 1. The predicted octanol–water partition coefficient (Wildman–Crippen LogP) is 2.88. The number of hydrogen-bond donors (Lipinski definition) is 1. The first-order chi connectivity index (χ1) is 7.86. The van der Waals surface area contributed by atoms with Crippen LogP contribution in [0.25, 0.3) is 11.0 Å². The van der Waals surface area contributed by atoms with E-state index in [0.717, 1.165) is 12.2 Å². The van der Waals surface area contributed by atoms with Gasteiger partial charge in [0.2, 0.25) is 0 Å². The van der Waals surface area contributed by atoms with Gasteiger partial charge in [-0.1, -0.05) is 0 Å². The topological polar surface area (TPSA) is 29.9 Å². The van der Waals surface area contributed by atoms with Crippen LogP contribution in [-0.2, 0) is 7.05 Å². The first kappa shape index (κ1) is 15.3. The third-order valence-electron chi connectivity index (χ3n) is 3.54. The number of rotatable bonds is 1. The average molecular weight is 288 g/mol. The number of aryl methyl sites for hydroxylation is 1. The van der Waals surface area contributed by atoms with Crippen molar-refractivity contribution in [1.82, 2.24) is 14.9 Å². The van der Waals surface area contributed by atoms with Crippen LogP contribution in [0, 0.1) is 0 Å². The number of piperidine rings is 1. The zero-order chi connectivity index (χ0) is 11.0. The summed E-state index contributed by atoms with van der Waals surface area (Å²) >= 11 is 0. The summed E-state index contributed by atoms with van der Waals surface area (Å²) in [6, 6.07) is 6.44. The molecule has 0 amide bonds. The summed E-state index contributed by atoms with van der Waals surface area (Å²) in [5, 5.41) is 4.73. The molecule has 0 bridgehead atoms. The molecule has 1 aliphatic rings. The third-order valence-corrected chi connectivity index (χ3v) is 3.54. The van der Waals surface area contributed by atoms with E-state index in [0.29, 0.717) is 5.92 Å². The molecule has 0 spiro atoms. The minimum atomic E-state index is 0. The highest BCUT2D eigenvalue weighted by atomic mass is 35.5. The highest BCUT2D eigenvalue weighted by Crippen LogP contribution is 2.27. The maximum atomic E-state index is 4.44. The molecule has 1 N–H and O–H groups in total. The van der Waals surface area contributed by atoms with Gasteiger partial charge in [0.05, 0.1) is 0 Å². The standard InChI is InChI=1S/C13H17N3.2ClH/c1-16-12(11-5-2-6-14-9-11)8-10-4-3-7-15-13(10)16;;/h3-4,7-8,11,14H,2,5-6,9H2,1H3;2*1H. The number of nitrogens with zero attached hydrogens (tertiary/aromatic N) is 2. The Bertz CT molecular complexity index is 504. The molecule has 1 atom stereocenters. The maximum absolute atomic E-state index is 4.44. The fraction of sp³-hybridized carbons (Fsp3) is 0.462. The second-order valence-electron chi connectivity index (χ2n) is 4.59. The highest BCUT2D eigenvalue weighted by molar-refractivity contribution is 5.85. The molecule has 100 valence electrons. The Labute approximate surface area is 120 Å². The largest absolute Gasteiger partial charge is 0.332 e. The zero-order valence-corrected chi connectivity index (χ0v) is 12.1. The molecule has 0 aromatic carbocycles. The number of hydrogen-bond acceptors (Lipinski definition) is 2. The van der Waals surface area contributed by atoms with Crippen molar-refractivity contribution >= 4 is 35.8 Å². The van der Waals surface area contributed by atoms with Gasteiger partial charge in [0.25, 0.3) is 0 Å². The second-order valence-corrected chi connectivity index (χ2v) is 4.59. The first-order valence-electron chi connectivity index (χ1n) is 5.97. The lowest BCUT2D eigenvalue weighted by molar-refractivity contribution is 0.448. The molecule has 0 radical (unpaired) electrons. The van der Waals surface area contributed by atoms with Crippen molar-refractivity contribution in [2.45, 2.75) is 18.8 Å². The summed E-state index contributed by atoms with van der Waals surface area (Å²) in [5.74, 6) is 0.646. The van der Waals surface area contributed by atoms with Gasteiger partial charge in [-0.15, -0.1) is 24.8 Å². The van der Waals surface area contributed by atoms with Gasteiger partial charge in [0.1, 0.15) is 5.65 Å². The molecule has 18 heavy (non-hydrogen) atoms. The second kappa shape index (κ2) is 6.41. The monoisotopic (exact) mass is 287 g/mol. The smallest absolute Gasteiger partial charge is 0.139 e. The molecular weight excluding hydrogens is 269 g/mol. The van der Waals surface area contributed by atoms with E-state index in [9.17, 15) is 0 Å².